The molecule has 0 saturated carbocycles. The van der Waals surface area contributed by atoms with Gasteiger partial charge in [-0.3, -0.25) is 14.0 Å². The van der Waals surface area contributed by atoms with Crippen LogP contribution < -0.4 is 5.56 Å². The fourth-order valence-corrected chi connectivity index (χ4v) is 3.42. The van der Waals surface area contributed by atoms with Gasteiger partial charge in [0.15, 0.2) is 11.4 Å². The number of hydrogen-bond acceptors (Lipinski definition) is 5. The Morgan fingerprint density at radius 1 is 1.44 bits per heavy atom. The van der Waals surface area contributed by atoms with Gasteiger partial charge < -0.3 is 14.7 Å². The summed E-state index contributed by atoms with van der Waals surface area (Å²) < 4.78 is 6.32. The minimum atomic E-state index is -0.452. The molecule has 0 unspecified atom stereocenters. The number of aromatic nitrogens is 2. The molecule has 3 heterocycles. The maximum atomic E-state index is 13.0. The molecule has 7 heteroatoms. The molecule has 1 saturated heterocycles. The van der Waals surface area contributed by atoms with Gasteiger partial charge in [0.05, 0.1) is 0 Å². The molecule has 0 aliphatic carbocycles. The van der Waals surface area contributed by atoms with Crippen molar-refractivity contribution in [2.24, 2.45) is 0 Å². The molecule has 1 fully saturated rings. The molecule has 0 spiro atoms. The molecule has 1 atom stereocenters. The van der Waals surface area contributed by atoms with Crippen LogP contribution in [0.25, 0.3) is 5.65 Å². The van der Waals surface area contributed by atoms with Crippen molar-refractivity contribution >= 4 is 11.6 Å². The summed E-state index contributed by atoms with van der Waals surface area (Å²) in [6, 6.07) is 3.13. The summed E-state index contributed by atoms with van der Waals surface area (Å²) >= 11 is 0. The van der Waals surface area contributed by atoms with Crippen LogP contribution in [0.2, 0.25) is 0 Å². The molecular weight excluding hydrogens is 322 g/mol. The molecule has 1 amide bonds. The third-order valence-corrected chi connectivity index (χ3v) is 4.72. The SMILES string of the molecule is COCCC[C@@H]1CCCCN1C(=O)c1cnc2c(O)cccn2c1=O. The molecule has 2 aromatic rings. The Morgan fingerprint density at radius 3 is 3.08 bits per heavy atom. The van der Waals surface area contributed by atoms with E-state index in [1.165, 1.54) is 22.9 Å². The van der Waals surface area contributed by atoms with Gasteiger partial charge in [-0.1, -0.05) is 0 Å². The van der Waals surface area contributed by atoms with Crippen LogP contribution in [0.15, 0.2) is 29.3 Å². The number of fused-ring (bicyclic) bond motifs is 1. The number of pyridine rings is 1. The Labute approximate surface area is 145 Å². The minimum Gasteiger partial charge on any atom is -0.504 e. The second-order valence-electron chi connectivity index (χ2n) is 6.35. The third kappa shape index (κ3) is 3.51. The van der Waals surface area contributed by atoms with Crippen LogP contribution in [0.4, 0.5) is 0 Å². The van der Waals surface area contributed by atoms with Crippen molar-refractivity contribution in [3.8, 4) is 5.75 Å². The molecule has 7 nitrogen and oxygen atoms in total. The van der Waals surface area contributed by atoms with E-state index in [2.05, 4.69) is 4.98 Å². The summed E-state index contributed by atoms with van der Waals surface area (Å²) in [5, 5.41) is 9.81. The Morgan fingerprint density at radius 2 is 2.28 bits per heavy atom. The highest BCUT2D eigenvalue weighted by atomic mass is 16.5. The third-order valence-electron chi connectivity index (χ3n) is 4.72. The molecule has 25 heavy (non-hydrogen) atoms. The fraction of sp³-hybridized carbons (Fsp3) is 0.500. The molecule has 3 rings (SSSR count). The lowest BCUT2D eigenvalue weighted by Gasteiger charge is -2.35. The Bertz CT molecular complexity index is 818. The highest BCUT2D eigenvalue weighted by Crippen LogP contribution is 2.22. The number of carbonyl (C=O) groups excluding carboxylic acids is 1. The molecule has 0 radical (unpaired) electrons. The predicted molar refractivity (Wildman–Crippen MR) is 92.9 cm³/mol. The van der Waals surface area contributed by atoms with E-state index in [9.17, 15) is 14.7 Å². The van der Waals surface area contributed by atoms with Gasteiger partial charge in [0.25, 0.3) is 11.5 Å². The summed E-state index contributed by atoms with van der Waals surface area (Å²) in [6.45, 7) is 1.32. The van der Waals surface area contributed by atoms with Gasteiger partial charge in [-0.15, -0.1) is 0 Å². The van der Waals surface area contributed by atoms with E-state index in [1.807, 2.05) is 0 Å². The number of aromatic hydroxyl groups is 1. The number of rotatable bonds is 5. The predicted octanol–water partition coefficient (Wildman–Crippen LogP) is 1.82. The van der Waals surface area contributed by atoms with Gasteiger partial charge in [-0.05, 0) is 44.2 Å². The Kier molecular flexibility index (Phi) is 5.33. The number of hydrogen-bond donors (Lipinski definition) is 1. The highest BCUT2D eigenvalue weighted by molar-refractivity contribution is 5.94. The number of ether oxygens (including phenoxy) is 1. The average molecular weight is 345 g/mol. The summed E-state index contributed by atoms with van der Waals surface area (Å²) in [6.07, 6.45) is 7.50. The van der Waals surface area contributed by atoms with Crippen LogP contribution in [0.3, 0.4) is 0 Å². The molecule has 1 aliphatic rings. The fourth-order valence-electron chi connectivity index (χ4n) is 3.42. The summed E-state index contributed by atoms with van der Waals surface area (Å²) in [5.74, 6) is -0.369. The zero-order chi connectivity index (χ0) is 17.8. The first-order valence-corrected chi connectivity index (χ1v) is 8.62. The first kappa shape index (κ1) is 17.4. The average Bonchev–Trinajstić information content (AvgIpc) is 2.63. The number of methoxy groups -OCH3 is 1. The Balaban J connectivity index is 1.89. The molecule has 2 aromatic heterocycles. The normalized spacial score (nSPS) is 17.8. The van der Waals surface area contributed by atoms with E-state index in [1.54, 1.807) is 18.1 Å². The number of carbonyl (C=O) groups is 1. The van der Waals surface area contributed by atoms with Crippen LogP contribution >= 0.6 is 0 Å². The van der Waals surface area contributed by atoms with Crippen LogP contribution in [0, 0.1) is 0 Å². The summed E-state index contributed by atoms with van der Waals surface area (Å²) in [5.41, 5.74) is -0.256. The van der Waals surface area contributed by atoms with Crippen molar-refractivity contribution in [2.75, 3.05) is 20.3 Å². The van der Waals surface area contributed by atoms with Crippen LogP contribution in [-0.4, -0.2) is 51.6 Å². The number of piperidine rings is 1. The van der Waals surface area contributed by atoms with Gasteiger partial charge in [0.1, 0.15) is 5.56 Å². The van der Waals surface area contributed by atoms with Crippen molar-refractivity contribution in [2.45, 2.75) is 38.1 Å². The van der Waals surface area contributed by atoms with E-state index in [4.69, 9.17) is 4.74 Å². The monoisotopic (exact) mass is 345 g/mol. The van der Waals surface area contributed by atoms with E-state index < -0.39 is 5.56 Å². The Hall–Kier alpha value is -2.41. The van der Waals surface area contributed by atoms with E-state index in [-0.39, 0.29) is 28.9 Å². The largest absolute Gasteiger partial charge is 0.504 e. The van der Waals surface area contributed by atoms with Gasteiger partial charge >= 0.3 is 0 Å². The first-order chi connectivity index (χ1) is 12.1. The van der Waals surface area contributed by atoms with Crippen LogP contribution in [0.5, 0.6) is 5.75 Å². The quantitative estimate of drug-likeness (QED) is 0.836. The molecule has 0 bridgehead atoms. The van der Waals surface area contributed by atoms with Crippen LogP contribution in [0.1, 0.15) is 42.5 Å². The number of nitrogens with zero attached hydrogens (tertiary/aromatic N) is 3. The van der Waals surface area contributed by atoms with Gasteiger partial charge in [-0.25, -0.2) is 4.98 Å². The van der Waals surface area contributed by atoms with Gasteiger partial charge in [-0.2, -0.15) is 0 Å². The zero-order valence-corrected chi connectivity index (χ0v) is 14.4. The second-order valence-corrected chi connectivity index (χ2v) is 6.35. The first-order valence-electron chi connectivity index (χ1n) is 8.62. The van der Waals surface area contributed by atoms with Gasteiger partial charge in [0, 0.05) is 38.7 Å². The summed E-state index contributed by atoms with van der Waals surface area (Å²) in [7, 11) is 1.67. The lowest BCUT2D eigenvalue weighted by atomic mass is 9.97. The van der Waals surface area contributed by atoms with E-state index >= 15 is 0 Å². The minimum absolute atomic E-state index is 0.0433. The summed E-state index contributed by atoms with van der Waals surface area (Å²) in [4.78, 5) is 31.5. The van der Waals surface area contributed by atoms with Crippen molar-refractivity contribution in [3.63, 3.8) is 0 Å². The van der Waals surface area contributed by atoms with E-state index in [0.29, 0.717) is 13.2 Å². The van der Waals surface area contributed by atoms with Crippen molar-refractivity contribution in [1.82, 2.24) is 14.3 Å². The molecular formula is C18H23N3O4. The van der Waals surface area contributed by atoms with Crippen molar-refractivity contribution in [3.05, 3.63) is 40.4 Å². The maximum absolute atomic E-state index is 13.0. The second kappa shape index (κ2) is 7.65. The maximum Gasteiger partial charge on any atom is 0.270 e. The molecule has 1 N–H and O–H groups in total. The van der Waals surface area contributed by atoms with Crippen molar-refractivity contribution < 1.29 is 14.6 Å². The molecule has 134 valence electrons. The molecule has 1 aliphatic heterocycles. The zero-order valence-electron chi connectivity index (χ0n) is 14.4. The van der Waals surface area contributed by atoms with E-state index in [0.717, 1.165) is 32.1 Å². The number of amides is 1. The highest BCUT2D eigenvalue weighted by Gasteiger charge is 2.29. The van der Waals surface area contributed by atoms with Crippen molar-refractivity contribution in [1.29, 1.82) is 0 Å². The van der Waals surface area contributed by atoms with Crippen LogP contribution in [-0.2, 0) is 4.74 Å². The lowest BCUT2D eigenvalue weighted by molar-refractivity contribution is 0.0582. The lowest BCUT2D eigenvalue weighted by Crippen LogP contribution is -2.45. The molecule has 0 aromatic carbocycles. The smallest absolute Gasteiger partial charge is 0.270 e. The van der Waals surface area contributed by atoms with Gasteiger partial charge in [0.2, 0.25) is 0 Å². The number of likely N-dealkylation sites (tertiary alicyclic amines) is 1. The standard InChI is InChI=1S/C18H23N3O4/c1-25-11-5-7-13-6-2-3-9-20(13)17(23)14-12-19-16-15(22)8-4-10-21(16)18(14)24/h4,8,10,12-13,22H,2-3,5-7,9,11H2,1H3/t13-/m0/s1. The topological polar surface area (TPSA) is 84.1 Å².